The molecule has 0 spiro atoms. The second-order valence-electron chi connectivity index (χ2n) is 4.30. The molecule has 1 aromatic rings. The van der Waals surface area contributed by atoms with Crippen LogP contribution in [0.25, 0.3) is 0 Å². The van der Waals surface area contributed by atoms with Gasteiger partial charge in [-0.3, -0.25) is 0 Å². The molecule has 2 rings (SSSR count). The van der Waals surface area contributed by atoms with Gasteiger partial charge in [0.05, 0.1) is 10.0 Å². The number of anilines is 2. The number of hydrogen-bond donors (Lipinski definition) is 1. The van der Waals surface area contributed by atoms with Gasteiger partial charge >= 0.3 is 0 Å². The molecule has 2 heterocycles. The van der Waals surface area contributed by atoms with Gasteiger partial charge in [0.1, 0.15) is 11.6 Å². The molecule has 0 amide bonds. The Hall–Kier alpha value is -0.710. The minimum atomic E-state index is 0.337. The molecule has 6 heteroatoms. The molecule has 0 aliphatic carbocycles. The van der Waals surface area contributed by atoms with Gasteiger partial charge in [-0.15, -0.1) is 0 Å². The van der Waals surface area contributed by atoms with Gasteiger partial charge in [0, 0.05) is 19.6 Å². The molecule has 0 radical (unpaired) electrons. The second-order valence-corrected chi connectivity index (χ2v) is 5.12. The second kappa shape index (κ2) is 5.29. The first-order chi connectivity index (χ1) is 8.08. The third-order valence-corrected chi connectivity index (χ3v) is 3.54. The molecule has 0 aromatic carbocycles. The summed E-state index contributed by atoms with van der Waals surface area (Å²) in [5.74, 6) is 1.08. The molecule has 0 unspecified atom stereocenters. The number of rotatable bonds is 1. The Morgan fingerprint density at radius 3 is 2.71 bits per heavy atom. The summed E-state index contributed by atoms with van der Waals surface area (Å²) in [5, 5.41) is 0.972. The van der Waals surface area contributed by atoms with Gasteiger partial charge in [0.25, 0.3) is 0 Å². The fourth-order valence-corrected chi connectivity index (χ4v) is 2.43. The highest BCUT2D eigenvalue weighted by molar-refractivity contribution is 6.37. The molecule has 1 aliphatic rings. The summed E-state index contributed by atoms with van der Waals surface area (Å²) >= 11 is 12.0. The molecule has 1 fully saturated rings. The molecule has 0 atom stereocenters. The Morgan fingerprint density at radius 2 is 1.94 bits per heavy atom. The number of pyridine rings is 1. The van der Waals surface area contributed by atoms with E-state index < -0.39 is 0 Å². The van der Waals surface area contributed by atoms with Crippen LogP contribution in [-0.2, 0) is 0 Å². The van der Waals surface area contributed by atoms with Crippen LogP contribution in [0.2, 0.25) is 10.0 Å². The van der Waals surface area contributed by atoms with Crippen LogP contribution in [0.1, 0.15) is 6.42 Å². The van der Waals surface area contributed by atoms with Crippen molar-refractivity contribution < 1.29 is 0 Å². The van der Waals surface area contributed by atoms with Crippen LogP contribution < -0.4 is 10.6 Å². The maximum atomic E-state index is 6.17. The highest BCUT2D eigenvalue weighted by Gasteiger charge is 2.17. The van der Waals surface area contributed by atoms with Gasteiger partial charge in [0.2, 0.25) is 0 Å². The Balaban J connectivity index is 2.24. The highest BCUT2D eigenvalue weighted by Crippen LogP contribution is 2.30. The van der Waals surface area contributed by atoms with E-state index in [2.05, 4.69) is 21.8 Å². The molecule has 0 bridgehead atoms. The van der Waals surface area contributed by atoms with E-state index in [-0.39, 0.29) is 0 Å². The predicted molar refractivity (Wildman–Crippen MR) is 73.0 cm³/mol. The zero-order valence-corrected chi connectivity index (χ0v) is 11.3. The van der Waals surface area contributed by atoms with Crippen molar-refractivity contribution in [2.75, 3.05) is 43.9 Å². The van der Waals surface area contributed by atoms with Gasteiger partial charge in [-0.1, -0.05) is 23.2 Å². The van der Waals surface area contributed by atoms with Crippen LogP contribution in [0.3, 0.4) is 0 Å². The number of halogens is 2. The van der Waals surface area contributed by atoms with Gasteiger partial charge in [0.15, 0.2) is 0 Å². The molecule has 4 nitrogen and oxygen atoms in total. The zero-order chi connectivity index (χ0) is 12.4. The molecule has 94 valence electrons. The average molecular weight is 275 g/mol. The Bertz CT molecular complexity index is 411. The number of nitrogens with zero attached hydrogens (tertiary/aromatic N) is 3. The van der Waals surface area contributed by atoms with E-state index in [1.807, 2.05) is 0 Å². The quantitative estimate of drug-likeness (QED) is 0.852. The molecule has 2 N–H and O–H groups in total. The van der Waals surface area contributed by atoms with Crippen LogP contribution in [-0.4, -0.2) is 43.1 Å². The summed E-state index contributed by atoms with van der Waals surface area (Å²) in [6.07, 6.45) is 1.09. The molecular formula is C11H16Cl2N4. The summed E-state index contributed by atoms with van der Waals surface area (Å²) < 4.78 is 0. The summed E-state index contributed by atoms with van der Waals surface area (Å²) in [7, 11) is 2.12. The van der Waals surface area contributed by atoms with E-state index in [9.17, 15) is 0 Å². The summed E-state index contributed by atoms with van der Waals surface area (Å²) in [6.45, 7) is 3.94. The number of hydrogen-bond acceptors (Lipinski definition) is 4. The van der Waals surface area contributed by atoms with Crippen molar-refractivity contribution in [1.82, 2.24) is 9.88 Å². The van der Waals surface area contributed by atoms with Crippen molar-refractivity contribution in [2.24, 2.45) is 0 Å². The van der Waals surface area contributed by atoms with Crippen molar-refractivity contribution in [1.29, 1.82) is 0 Å². The van der Waals surface area contributed by atoms with Crippen LogP contribution >= 0.6 is 23.2 Å². The van der Waals surface area contributed by atoms with E-state index >= 15 is 0 Å². The van der Waals surface area contributed by atoms with Gasteiger partial charge in [-0.05, 0) is 26.1 Å². The minimum Gasteiger partial charge on any atom is -0.382 e. The predicted octanol–water partition coefficient (Wildman–Crippen LogP) is 2.11. The Kier molecular flexibility index (Phi) is 3.97. The number of likely N-dealkylation sites (N-methyl/N-ethyl adjacent to an activating group) is 1. The summed E-state index contributed by atoms with van der Waals surface area (Å²) in [5.41, 5.74) is 5.72. The van der Waals surface area contributed by atoms with Gasteiger partial charge < -0.3 is 15.5 Å². The van der Waals surface area contributed by atoms with E-state index in [1.54, 1.807) is 6.07 Å². The first-order valence-corrected chi connectivity index (χ1v) is 6.38. The maximum Gasteiger partial charge on any atom is 0.149 e. The van der Waals surface area contributed by atoms with E-state index in [0.717, 1.165) is 38.4 Å². The summed E-state index contributed by atoms with van der Waals surface area (Å²) in [6, 6.07) is 1.66. The van der Waals surface area contributed by atoms with Crippen molar-refractivity contribution in [3.05, 3.63) is 16.1 Å². The Morgan fingerprint density at radius 1 is 1.18 bits per heavy atom. The minimum absolute atomic E-state index is 0.337. The normalized spacial score (nSPS) is 18.2. The van der Waals surface area contributed by atoms with Crippen molar-refractivity contribution >= 4 is 34.8 Å². The zero-order valence-electron chi connectivity index (χ0n) is 9.79. The SMILES string of the molecule is CN1CCCN(c2nc(N)c(Cl)cc2Cl)CC1. The fourth-order valence-electron chi connectivity index (χ4n) is 1.95. The third-order valence-electron chi connectivity index (χ3n) is 2.96. The number of aromatic nitrogens is 1. The molecular weight excluding hydrogens is 259 g/mol. The van der Waals surface area contributed by atoms with Gasteiger partial charge in [-0.2, -0.15) is 0 Å². The number of nitrogen functional groups attached to an aromatic ring is 1. The Labute approximate surface area is 111 Å². The standard InChI is InChI=1S/C11H16Cl2N4/c1-16-3-2-4-17(6-5-16)11-9(13)7-8(12)10(14)15-11/h7H,2-6H2,1H3,(H2,14,15). The van der Waals surface area contributed by atoms with E-state index in [0.29, 0.717) is 15.9 Å². The van der Waals surface area contributed by atoms with E-state index in [1.165, 1.54) is 0 Å². The van der Waals surface area contributed by atoms with Gasteiger partial charge in [-0.25, -0.2) is 4.98 Å². The highest BCUT2D eigenvalue weighted by atomic mass is 35.5. The van der Waals surface area contributed by atoms with E-state index in [4.69, 9.17) is 28.9 Å². The van der Waals surface area contributed by atoms with Crippen molar-refractivity contribution in [3.63, 3.8) is 0 Å². The molecule has 1 aliphatic heterocycles. The molecule has 0 saturated carbocycles. The molecule has 17 heavy (non-hydrogen) atoms. The van der Waals surface area contributed by atoms with Crippen LogP contribution in [0.5, 0.6) is 0 Å². The topological polar surface area (TPSA) is 45.4 Å². The lowest BCUT2D eigenvalue weighted by Crippen LogP contribution is -2.29. The largest absolute Gasteiger partial charge is 0.382 e. The first kappa shape index (κ1) is 12.7. The average Bonchev–Trinajstić information content (AvgIpc) is 2.49. The summed E-state index contributed by atoms with van der Waals surface area (Å²) in [4.78, 5) is 8.75. The first-order valence-electron chi connectivity index (χ1n) is 5.63. The lowest BCUT2D eigenvalue weighted by Gasteiger charge is -2.23. The van der Waals surface area contributed by atoms with Crippen LogP contribution in [0.4, 0.5) is 11.6 Å². The third kappa shape index (κ3) is 2.94. The van der Waals surface area contributed by atoms with Crippen LogP contribution in [0.15, 0.2) is 6.07 Å². The number of nitrogens with two attached hydrogens (primary N) is 1. The smallest absolute Gasteiger partial charge is 0.149 e. The van der Waals surface area contributed by atoms with Crippen molar-refractivity contribution in [3.8, 4) is 0 Å². The molecule has 1 aromatic heterocycles. The fraction of sp³-hybridized carbons (Fsp3) is 0.545. The lowest BCUT2D eigenvalue weighted by atomic mass is 10.3. The lowest BCUT2D eigenvalue weighted by molar-refractivity contribution is 0.360. The van der Waals surface area contributed by atoms with Crippen molar-refractivity contribution in [2.45, 2.75) is 6.42 Å². The monoisotopic (exact) mass is 274 g/mol. The molecule has 1 saturated heterocycles. The maximum absolute atomic E-state index is 6.17. The van der Waals surface area contributed by atoms with Crippen LogP contribution in [0, 0.1) is 0 Å².